The van der Waals surface area contributed by atoms with Crippen LogP contribution in [0.25, 0.3) is 11.2 Å². The number of benzene rings is 1. The predicted octanol–water partition coefficient (Wildman–Crippen LogP) is 2.91. The third-order valence-electron chi connectivity index (χ3n) is 3.84. The van der Waals surface area contributed by atoms with Gasteiger partial charge >= 0.3 is 0 Å². The largest absolute Gasteiger partial charge is 0.476 e. The zero-order chi connectivity index (χ0) is 19.1. The van der Waals surface area contributed by atoms with Gasteiger partial charge in [-0.2, -0.15) is 0 Å². The monoisotopic (exact) mass is 362 g/mol. The number of methoxy groups -OCH3 is 1. The number of para-hydroxylation sites is 1. The van der Waals surface area contributed by atoms with Gasteiger partial charge in [0.05, 0.1) is 12.3 Å². The summed E-state index contributed by atoms with van der Waals surface area (Å²) < 4.78 is 10.9. The minimum absolute atomic E-state index is 0.418. The smallest absolute Gasteiger partial charge is 0.249 e. The number of aromatic nitrogens is 3. The Hall–Kier alpha value is -3.17. The molecule has 3 rings (SSSR count). The maximum Gasteiger partial charge on any atom is 0.249 e. The van der Waals surface area contributed by atoms with Crippen molar-refractivity contribution in [2.75, 3.05) is 39.3 Å². The average molecular weight is 362 g/mol. The van der Waals surface area contributed by atoms with E-state index in [0.29, 0.717) is 36.0 Å². The topological polar surface area (TPSA) is 60.4 Å². The molecule has 0 amide bonds. The van der Waals surface area contributed by atoms with E-state index in [9.17, 15) is 0 Å². The second-order valence-corrected chi connectivity index (χ2v) is 6.08. The van der Waals surface area contributed by atoms with Crippen LogP contribution in [0, 0.1) is 11.8 Å². The second kappa shape index (κ2) is 8.97. The molecule has 6 heteroatoms. The fourth-order valence-corrected chi connectivity index (χ4v) is 2.53. The summed E-state index contributed by atoms with van der Waals surface area (Å²) in [6.07, 6.45) is 2.45. The first-order valence-electron chi connectivity index (χ1n) is 8.72. The van der Waals surface area contributed by atoms with Crippen LogP contribution in [-0.2, 0) is 4.74 Å². The highest BCUT2D eigenvalue weighted by Crippen LogP contribution is 2.19. The fraction of sp³-hybridized carbons (Fsp3) is 0.286. The summed E-state index contributed by atoms with van der Waals surface area (Å²) in [7, 11) is 5.65. The summed E-state index contributed by atoms with van der Waals surface area (Å²) in [4.78, 5) is 15.4. The summed E-state index contributed by atoms with van der Waals surface area (Å²) >= 11 is 0. The Bertz CT molecular complexity index is 977. The van der Waals surface area contributed by atoms with E-state index in [-0.39, 0.29) is 0 Å². The molecule has 27 heavy (non-hydrogen) atoms. The van der Waals surface area contributed by atoms with Gasteiger partial charge in [-0.05, 0) is 30.2 Å². The lowest BCUT2D eigenvalue weighted by Crippen LogP contribution is -2.10. The Balaban J connectivity index is 1.97. The first-order valence-corrected chi connectivity index (χ1v) is 8.72. The van der Waals surface area contributed by atoms with E-state index in [4.69, 9.17) is 9.47 Å². The summed E-state index contributed by atoms with van der Waals surface area (Å²) in [6, 6.07) is 11.6. The van der Waals surface area contributed by atoms with Crippen LogP contribution >= 0.6 is 0 Å². The second-order valence-electron chi connectivity index (χ2n) is 6.08. The molecule has 0 saturated heterocycles. The molecule has 2 heterocycles. The van der Waals surface area contributed by atoms with Gasteiger partial charge < -0.3 is 14.4 Å². The van der Waals surface area contributed by atoms with Crippen LogP contribution in [0.3, 0.4) is 0 Å². The Labute approximate surface area is 159 Å². The normalized spacial score (nSPS) is 10.3. The molecule has 6 nitrogen and oxygen atoms in total. The van der Waals surface area contributed by atoms with Gasteiger partial charge in [0, 0.05) is 46.0 Å². The van der Waals surface area contributed by atoms with Crippen molar-refractivity contribution in [3.63, 3.8) is 0 Å². The van der Waals surface area contributed by atoms with E-state index in [0.717, 1.165) is 17.7 Å². The molecule has 1 aromatic carbocycles. The predicted molar refractivity (Wildman–Crippen MR) is 106 cm³/mol. The Morgan fingerprint density at radius 1 is 1.00 bits per heavy atom. The maximum atomic E-state index is 5.82. The molecule has 0 fully saturated rings. The number of hydrogen-bond donors (Lipinski definition) is 0. The molecule has 138 valence electrons. The molecule has 0 saturated carbocycles. The number of rotatable bonds is 6. The van der Waals surface area contributed by atoms with Gasteiger partial charge in [0.25, 0.3) is 0 Å². The number of anilines is 1. The number of pyridine rings is 1. The number of fused-ring (bicyclic) bond motifs is 1. The molecule has 0 unspecified atom stereocenters. The summed E-state index contributed by atoms with van der Waals surface area (Å²) in [6.45, 7) is 1.11. The molecule has 0 aliphatic heterocycles. The first kappa shape index (κ1) is 18.6. The fourth-order valence-electron chi connectivity index (χ4n) is 2.53. The molecule has 0 N–H and O–H groups in total. The first-order chi connectivity index (χ1) is 13.2. The van der Waals surface area contributed by atoms with Crippen molar-refractivity contribution in [1.82, 2.24) is 15.0 Å². The van der Waals surface area contributed by atoms with Gasteiger partial charge in [-0.15, -0.1) is 0 Å². The molecule has 0 atom stereocenters. The van der Waals surface area contributed by atoms with Crippen LogP contribution in [0.1, 0.15) is 17.7 Å². The maximum absolute atomic E-state index is 5.82. The highest BCUT2D eigenvalue weighted by Gasteiger charge is 2.09. The summed E-state index contributed by atoms with van der Waals surface area (Å²) in [5, 5.41) is 0. The SMILES string of the molecule is COCCCOc1nc2cccnc2nc1C#Cc1ccccc1N(C)C. The molecular formula is C21H22N4O2. The molecule has 0 bridgehead atoms. The Morgan fingerprint density at radius 3 is 2.67 bits per heavy atom. The quantitative estimate of drug-likeness (QED) is 0.496. The van der Waals surface area contributed by atoms with Gasteiger partial charge in [-0.1, -0.05) is 18.1 Å². The molecule has 2 aromatic heterocycles. The van der Waals surface area contributed by atoms with Crippen LogP contribution in [0.15, 0.2) is 42.6 Å². The third-order valence-corrected chi connectivity index (χ3v) is 3.84. The van der Waals surface area contributed by atoms with Crippen molar-refractivity contribution in [3.8, 4) is 17.7 Å². The van der Waals surface area contributed by atoms with Gasteiger partial charge in [-0.3, -0.25) is 0 Å². The highest BCUT2D eigenvalue weighted by molar-refractivity contribution is 5.71. The van der Waals surface area contributed by atoms with Gasteiger partial charge in [0.15, 0.2) is 11.3 Å². The zero-order valence-corrected chi connectivity index (χ0v) is 15.8. The lowest BCUT2D eigenvalue weighted by Gasteiger charge is -2.14. The highest BCUT2D eigenvalue weighted by atomic mass is 16.5. The third kappa shape index (κ3) is 4.72. The standard InChI is InChI=1S/C21H22N4O2/c1-25(2)19-10-5-4-8-16(19)11-12-18-21(27-15-7-14-26-3)24-17-9-6-13-22-20(17)23-18/h4-6,8-10,13H,7,14-15H2,1-3H3. The van der Waals surface area contributed by atoms with Gasteiger partial charge in [0.1, 0.15) is 5.52 Å². The van der Waals surface area contributed by atoms with Crippen molar-refractivity contribution in [2.45, 2.75) is 6.42 Å². The molecule has 0 spiro atoms. The van der Waals surface area contributed by atoms with Crippen molar-refractivity contribution in [3.05, 3.63) is 53.9 Å². The molecule has 0 aliphatic rings. The van der Waals surface area contributed by atoms with Crippen LogP contribution in [0.2, 0.25) is 0 Å². The Kier molecular flexibility index (Phi) is 6.18. The molecular weight excluding hydrogens is 340 g/mol. The summed E-state index contributed by atoms with van der Waals surface area (Å²) in [5.41, 5.74) is 3.66. The van der Waals surface area contributed by atoms with Crippen LogP contribution in [0.4, 0.5) is 5.69 Å². The zero-order valence-electron chi connectivity index (χ0n) is 15.8. The number of ether oxygens (including phenoxy) is 2. The van der Waals surface area contributed by atoms with E-state index >= 15 is 0 Å². The van der Waals surface area contributed by atoms with E-state index in [2.05, 4.69) is 26.8 Å². The van der Waals surface area contributed by atoms with Crippen LogP contribution in [0.5, 0.6) is 5.88 Å². The van der Waals surface area contributed by atoms with E-state index in [1.54, 1.807) is 13.3 Å². The van der Waals surface area contributed by atoms with E-state index < -0.39 is 0 Å². The minimum atomic E-state index is 0.418. The van der Waals surface area contributed by atoms with Crippen molar-refractivity contribution in [2.24, 2.45) is 0 Å². The van der Waals surface area contributed by atoms with Crippen molar-refractivity contribution < 1.29 is 9.47 Å². The lowest BCUT2D eigenvalue weighted by atomic mass is 10.1. The molecule has 3 aromatic rings. The van der Waals surface area contributed by atoms with E-state index in [1.165, 1.54) is 0 Å². The molecule has 0 radical (unpaired) electrons. The van der Waals surface area contributed by atoms with E-state index in [1.807, 2.05) is 55.4 Å². The van der Waals surface area contributed by atoms with Crippen molar-refractivity contribution in [1.29, 1.82) is 0 Å². The summed E-state index contributed by atoms with van der Waals surface area (Å²) in [5.74, 6) is 6.72. The minimum Gasteiger partial charge on any atom is -0.476 e. The van der Waals surface area contributed by atoms with Crippen molar-refractivity contribution >= 4 is 16.9 Å². The lowest BCUT2D eigenvalue weighted by molar-refractivity contribution is 0.170. The van der Waals surface area contributed by atoms with Gasteiger partial charge in [0.2, 0.25) is 5.88 Å². The van der Waals surface area contributed by atoms with Crippen LogP contribution in [-0.4, -0.2) is 49.4 Å². The van der Waals surface area contributed by atoms with Crippen LogP contribution < -0.4 is 9.64 Å². The average Bonchev–Trinajstić information content (AvgIpc) is 2.69. The molecule has 0 aliphatic carbocycles. The number of nitrogens with zero attached hydrogens (tertiary/aromatic N) is 4. The number of hydrogen-bond acceptors (Lipinski definition) is 6. The Morgan fingerprint density at radius 2 is 1.85 bits per heavy atom. The van der Waals surface area contributed by atoms with Gasteiger partial charge in [-0.25, -0.2) is 15.0 Å².